The van der Waals surface area contributed by atoms with E-state index in [0.29, 0.717) is 0 Å². The highest BCUT2D eigenvalue weighted by Crippen LogP contribution is 2.66. The maximum absolute atomic E-state index is 14.6. The molecular formula is C20H27F2N10O17P3. The van der Waals surface area contributed by atoms with Crippen LogP contribution < -0.4 is 22.6 Å². The Kier molecular flexibility index (Phi) is 11.2. The van der Waals surface area contributed by atoms with Gasteiger partial charge in [0.05, 0.1) is 37.0 Å². The van der Waals surface area contributed by atoms with Gasteiger partial charge < -0.3 is 55.8 Å². The highest BCUT2D eigenvalue weighted by Gasteiger charge is 2.49. The van der Waals surface area contributed by atoms with Gasteiger partial charge in [-0.05, 0) is 0 Å². The molecule has 2 unspecified atom stereocenters. The lowest BCUT2D eigenvalue weighted by Crippen LogP contribution is -2.31. The second kappa shape index (κ2) is 14.7. The van der Waals surface area contributed by atoms with Gasteiger partial charge in [-0.15, -0.1) is 10.2 Å². The predicted octanol–water partition coefficient (Wildman–Crippen LogP) is -3.39. The third-order valence-electron chi connectivity index (χ3n) is 7.05. The topological polar surface area (TPSA) is 417 Å². The summed E-state index contributed by atoms with van der Waals surface area (Å²) >= 11 is 0. The van der Waals surface area contributed by atoms with Crippen molar-refractivity contribution in [2.45, 2.75) is 49.0 Å². The number of nitrogen functional groups attached to an aromatic ring is 2. The van der Waals surface area contributed by atoms with Crippen molar-refractivity contribution in [3.05, 3.63) is 44.5 Å². The fourth-order valence-electron chi connectivity index (χ4n) is 4.92. The number of rotatable bonds is 10. The summed E-state index contributed by atoms with van der Waals surface area (Å²) in [6, 6.07) is 0. The normalized spacial score (nSPS) is 28.8. The number of ether oxygens (including phenoxy) is 2. The van der Waals surface area contributed by atoms with Gasteiger partial charge in [-0.25, -0.2) is 41.5 Å². The second-order valence-electron chi connectivity index (χ2n) is 10.6. The Morgan fingerprint density at radius 2 is 1.23 bits per heavy atom. The van der Waals surface area contributed by atoms with E-state index in [4.69, 9.17) is 40.7 Å². The van der Waals surface area contributed by atoms with Gasteiger partial charge in [-0.3, -0.25) is 24.1 Å². The number of nitrogens with one attached hydrogen (secondary N) is 2. The molecule has 6 rings (SSSR count). The largest absolute Gasteiger partial charge is 0.490 e. The molecule has 4 aromatic heterocycles. The van der Waals surface area contributed by atoms with Crippen molar-refractivity contribution in [1.82, 2.24) is 39.2 Å². The molecule has 10 atom stereocenters. The van der Waals surface area contributed by atoms with Crippen molar-refractivity contribution < 1.29 is 80.0 Å². The first-order valence-corrected chi connectivity index (χ1v) is 18.4. The maximum Gasteiger partial charge on any atom is 0.490 e. The zero-order chi connectivity index (χ0) is 38.5. The lowest BCUT2D eigenvalue weighted by molar-refractivity contribution is -0.0241. The number of anilines is 2. The van der Waals surface area contributed by atoms with Gasteiger partial charge in [0.2, 0.25) is 23.2 Å². The van der Waals surface area contributed by atoms with Crippen LogP contribution in [0.25, 0.3) is 11.3 Å². The molecule has 0 spiro atoms. The van der Waals surface area contributed by atoms with Gasteiger partial charge in [0.25, 0.3) is 11.1 Å². The smallest absolute Gasteiger partial charge is 0.394 e. The van der Waals surface area contributed by atoms with Crippen LogP contribution in [0.2, 0.25) is 0 Å². The molecule has 32 heteroatoms. The van der Waals surface area contributed by atoms with Gasteiger partial charge in [0.15, 0.2) is 12.3 Å². The molecule has 0 amide bonds. The maximum atomic E-state index is 14.6. The number of aromatic nitrogens is 8. The van der Waals surface area contributed by atoms with Crippen LogP contribution in [-0.2, 0) is 36.3 Å². The first-order chi connectivity index (χ1) is 24.1. The molecule has 52 heavy (non-hydrogen) atoms. The van der Waals surface area contributed by atoms with Crippen LogP contribution in [0.5, 0.6) is 0 Å². The molecule has 2 aliphatic heterocycles. The average Bonchev–Trinajstić information content (AvgIpc) is 3.76. The number of halogens is 2. The summed E-state index contributed by atoms with van der Waals surface area (Å²) in [7, 11) is -16.9. The first kappa shape index (κ1) is 39.6. The van der Waals surface area contributed by atoms with Crippen LogP contribution in [-0.4, -0.2) is 124 Å². The molecule has 6 heterocycles. The molecule has 2 saturated heterocycles. The number of fused-ring (bicyclic) bond motifs is 2. The van der Waals surface area contributed by atoms with Crippen LogP contribution in [0, 0.1) is 0 Å². The predicted molar refractivity (Wildman–Crippen MR) is 160 cm³/mol. The minimum atomic E-state index is -5.76. The molecule has 0 bridgehead atoms. The average molecular weight is 810 g/mol. The molecule has 2 aliphatic rings. The molecule has 0 aromatic carbocycles. The molecule has 13 N–H and O–H groups in total. The summed E-state index contributed by atoms with van der Waals surface area (Å²) in [4.78, 5) is 70.9. The minimum Gasteiger partial charge on any atom is -0.394 e. The Labute approximate surface area is 284 Å². The van der Waals surface area contributed by atoms with Crippen molar-refractivity contribution in [3.8, 4) is 0 Å². The number of phosphoric ester groups is 1. The molecule has 2 fully saturated rings. The Morgan fingerprint density at radius 1 is 0.788 bits per heavy atom. The Morgan fingerprint density at radius 3 is 1.65 bits per heavy atom. The number of hydrogen-bond acceptors (Lipinski definition) is 19. The van der Waals surface area contributed by atoms with E-state index < -0.39 is 96.8 Å². The standard InChI is InChI=1S/C10H15FN5O13P3.C10H12FN5O4/c11-5-6(17)4(2-26-31(22,23)29-32(24,25)28-30(19,20)21)27-7(5)3-1-13-8-9(18)14-10(12)15-16(3)8;11-5-6(18)4(2-17)20-7(5)3-1-13-8-9(19)14-10(12)15-16(3)8/h1,4-7,17H,2H2,(H,22,23)(H,24,25)(H2,19,20,21)(H3,12,14,15,18);1,4-7,17-18H,2H2,(H3,12,14,15,19)/t2*4-,5-,6-,7+/m11/s1. The van der Waals surface area contributed by atoms with Crippen molar-refractivity contribution >= 4 is 46.7 Å². The number of alkyl halides is 2. The van der Waals surface area contributed by atoms with Gasteiger partial charge in [0.1, 0.15) is 36.6 Å². The van der Waals surface area contributed by atoms with Gasteiger partial charge in [0, 0.05) is 0 Å². The number of nitrogens with zero attached hydrogens (tertiary/aromatic N) is 6. The molecule has 0 radical (unpaired) electrons. The molecule has 0 aliphatic carbocycles. The quantitative estimate of drug-likeness (QED) is 0.0696. The summed E-state index contributed by atoms with van der Waals surface area (Å²) in [5.41, 5.74) is 9.20. The minimum absolute atomic E-state index is 0.0630. The molecule has 4 aromatic rings. The van der Waals surface area contributed by atoms with Crippen LogP contribution in [0.4, 0.5) is 20.7 Å². The lowest BCUT2D eigenvalue weighted by Gasteiger charge is -2.19. The molecule has 288 valence electrons. The Balaban J connectivity index is 0.000000223. The fraction of sp³-hybridized carbons (Fsp3) is 0.500. The third kappa shape index (κ3) is 8.44. The summed E-state index contributed by atoms with van der Waals surface area (Å²) < 4.78 is 86.1. The van der Waals surface area contributed by atoms with E-state index in [1.54, 1.807) is 0 Å². The SMILES string of the molecule is Nc1nn2c([C@@H]3O[C@H](CO)[C@@H](O)[C@H]3F)cnc2c(=O)[nH]1.Nc1nn2c([C@@H]3O[C@H](COP(=O)(O)OP(=O)(O)OP(=O)(O)O)[C@@H](O)[C@H]3F)cnc2c(=O)[nH]1. The summed E-state index contributed by atoms with van der Waals surface area (Å²) in [5, 5.41) is 36.2. The van der Waals surface area contributed by atoms with E-state index in [2.05, 4.69) is 43.3 Å². The van der Waals surface area contributed by atoms with Crippen molar-refractivity contribution in [2.75, 3.05) is 24.7 Å². The van der Waals surface area contributed by atoms with E-state index in [1.165, 1.54) is 6.20 Å². The summed E-state index contributed by atoms with van der Waals surface area (Å²) in [6.45, 7) is -1.61. The van der Waals surface area contributed by atoms with E-state index in [1.807, 2.05) is 0 Å². The Hall–Kier alpha value is -3.63. The number of aliphatic hydroxyl groups excluding tert-OH is 3. The van der Waals surface area contributed by atoms with Gasteiger partial charge in [-0.2, -0.15) is 8.62 Å². The molecule has 0 saturated carbocycles. The zero-order valence-electron chi connectivity index (χ0n) is 25.3. The monoisotopic (exact) mass is 810 g/mol. The Bertz CT molecular complexity index is 2210. The van der Waals surface area contributed by atoms with Gasteiger partial charge in [-0.1, -0.05) is 0 Å². The van der Waals surface area contributed by atoms with Gasteiger partial charge >= 0.3 is 23.5 Å². The number of imidazole rings is 2. The van der Waals surface area contributed by atoms with E-state index in [-0.39, 0.29) is 34.6 Å². The molecular weight excluding hydrogens is 783 g/mol. The number of phosphoric acid groups is 3. The van der Waals surface area contributed by atoms with Crippen molar-refractivity contribution in [3.63, 3.8) is 0 Å². The van der Waals surface area contributed by atoms with Crippen LogP contribution in [0.3, 0.4) is 0 Å². The number of aliphatic hydroxyl groups is 3. The fourth-order valence-corrected chi connectivity index (χ4v) is 7.95. The number of hydrogen-bond donors (Lipinski definition) is 11. The molecule has 27 nitrogen and oxygen atoms in total. The van der Waals surface area contributed by atoms with Crippen LogP contribution in [0.1, 0.15) is 23.6 Å². The van der Waals surface area contributed by atoms with Crippen molar-refractivity contribution in [1.29, 1.82) is 0 Å². The lowest BCUT2D eigenvalue weighted by atomic mass is 10.1. The van der Waals surface area contributed by atoms with Crippen LogP contribution in [0.15, 0.2) is 22.0 Å². The van der Waals surface area contributed by atoms with Crippen molar-refractivity contribution in [2.24, 2.45) is 0 Å². The number of H-pyrrole nitrogens is 2. The summed E-state index contributed by atoms with van der Waals surface area (Å²) in [5.74, 6) is -0.491. The van der Waals surface area contributed by atoms with E-state index in [0.717, 1.165) is 15.2 Å². The van der Waals surface area contributed by atoms with E-state index in [9.17, 15) is 47.2 Å². The number of nitrogens with two attached hydrogens (primary N) is 2. The second-order valence-corrected chi connectivity index (χ2v) is 15.1. The third-order valence-corrected chi connectivity index (χ3v) is 10.9. The zero-order valence-corrected chi connectivity index (χ0v) is 28.0. The van der Waals surface area contributed by atoms with E-state index >= 15 is 0 Å². The van der Waals surface area contributed by atoms with Crippen LogP contribution >= 0.6 is 23.5 Å². The summed E-state index contributed by atoms with van der Waals surface area (Å²) in [6.07, 6.45) is -10.6. The first-order valence-electron chi connectivity index (χ1n) is 13.9. The highest BCUT2D eigenvalue weighted by molar-refractivity contribution is 7.66. The highest BCUT2D eigenvalue weighted by atomic mass is 31.3. The number of aromatic amines is 2.